The number of anilines is 1. The summed E-state index contributed by atoms with van der Waals surface area (Å²) in [5, 5.41) is 7.82. The Balaban J connectivity index is 1.68. The number of rotatable bonds is 3. The first-order valence-corrected chi connectivity index (χ1v) is 8.44. The third-order valence-corrected chi connectivity index (χ3v) is 4.34. The Morgan fingerprint density at radius 2 is 1.61 bits per heavy atom. The second-order valence-electron chi connectivity index (χ2n) is 6.16. The van der Waals surface area contributed by atoms with Crippen molar-refractivity contribution in [3.63, 3.8) is 0 Å². The normalized spacial score (nSPS) is 11.5. The van der Waals surface area contributed by atoms with E-state index in [1.807, 2.05) is 6.07 Å². The molecule has 4 aromatic rings. The van der Waals surface area contributed by atoms with Crippen LogP contribution in [0.2, 0.25) is 0 Å². The largest absolute Gasteiger partial charge is 0.416 e. The molecule has 0 aliphatic rings. The molecule has 4 rings (SSSR count). The first kappa shape index (κ1) is 17.8. The number of aromatic nitrogens is 2. The SMILES string of the molecule is O=C(Nc1cccc2c1cnn2-c1ccc(C(F)(F)F)cc1)c1ccccc1. The van der Waals surface area contributed by atoms with Crippen LogP contribution in [0.25, 0.3) is 16.6 Å². The summed E-state index contributed by atoms with van der Waals surface area (Å²) in [4.78, 5) is 12.4. The topological polar surface area (TPSA) is 46.9 Å². The predicted molar refractivity (Wildman–Crippen MR) is 100 cm³/mol. The lowest BCUT2D eigenvalue weighted by Crippen LogP contribution is -2.11. The predicted octanol–water partition coefficient (Wildman–Crippen LogP) is 5.30. The highest BCUT2D eigenvalue weighted by Gasteiger charge is 2.30. The minimum absolute atomic E-state index is 0.254. The number of halogens is 3. The van der Waals surface area contributed by atoms with Crippen molar-refractivity contribution >= 4 is 22.5 Å². The first-order valence-electron chi connectivity index (χ1n) is 8.44. The van der Waals surface area contributed by atoms with Crippen LogP contribution >= 0.6 is 0 Å². The Bertz CT molecular complexity index is 1130. The maximum atomic E-state index is 12.8. The molecule has 0 aliphatic heterocycles. The van der Waals surface area contributed by atoms with Gasteiger partial charge in [0.15, 0.2) is 0 Å². The lowest BCUT2D eigenvalue weighted by molar-refractivity contribution is -0.137. The van der Waals surface area contributed by atoms with Crippen LogP contribution in [-0.2, 0) is 6.18 Å². The van der Waals surface area contributed by atoms with E-state index in [9.17, 15) is 18.0 Å². The third kappa shape index (κ3) is 3.34. The molecule has 0 atom stereocenters. The van der Waals surface area contributed by atoms with Crippen molar-refractivity contribution < 1.29 is 18.0 Å². The number of benzene rings is 3. The van der Waals surface area contributed by atoms with Crippen LogP contribution < -0.4 is 5.32 Å². The molecule has 0 unspecified atom stereocenters. The van der Waals surface area contributed by atoms with Gasteiger partial charge in [0.2, 0.25) is 0 Å². The number of carbonyl (C=O) groups is 1. The van der Waals surface area contributed by atoms with E-state index in [0.29, 0.717) is 27.8 Å². The minimum atomic E-state index is -4.39. The molecule has 3 aromatic carbocycles. The van der Waals surface area contributed by atoms with Crippen LogP contribution in [0.4, 0.5) is 18.9 Å². The summed E-state index contributed by atoms with van der Waals surface area (Å²) in [5.41, 5.74) is 1.54. The van der Waals surface area contributed by atoms with E-state index < -0.39 is 11.7 Å². The van der Waals surface area contributed by atoms with E-state index in [-0.39, 0.29) is 5.91 Å². The molecule has 0 saturated heterocycles. The van der Waals surface area contributed by atoms with Crippen molar-refractivity contribution in [2.75, 3.05) is 5.32 Å². The standard InChI is InChI=1S/C21H14F3N3O/c22-21(23,24)15-9-11-16(12-10-15)27-19-8-4-7-18(17(19)13-25-27)26-20(28)14-5-2-1-3-6-14/h1-13H,(H,26,28). The van der Waals surface area contributed by atoms with Crippen molar-refractivity contribution in [2.45, 2.75) is 6.18 Å². The number of hydrogen-bond donors (Lipinski definition) is 1. The Morgan fingerprint density at radius 1 is 0.893 bits per heavy atom. The van der Waals surface area contributed by atoms with Gasteiger partial charge in [0.05, 0.1) is 28.7 Å². The molecular weight excluding hydrogens is 367 g/mol. The number of fused-ring (bicyclic) bond motifs is 1. The quantitative estimate of drug-likeness (QED) is 0.524. The molecule has 0 aliphatic carbocycles. The van der Waals surface area contributed by atoms with Crippen molar-refractivity contribution in [3.8, 4) is 5.69 Å². The van der Waals surface area contributed by atoms with Gasteiger partial charge in [0.25, 0.3) is 5.91 Å². The monoisotopic (exact) mass is 381 g/mol. The number of nitrogens with zero attached hydrogens (tertiary/aromatic N) is 2. The lowest BCUT2D eigenvalue weighted by Gasteiger charge is -2.09. The van der Waals surface area contributed by atoms with E-state index in [1.54, 1.807) is 48.7 Å². The Morgan fingerprint density at radius 3 is 2.29 bits per heavy atom. The fourth-order valence-electron chi connectivity index (χ4n) is 2.94. The van der Waals surface area contributed by atoms with Crippen molar-refractivity contribution in [1.82, 2.24) is 9.78 Å². The van der Waals surface area contributed by atoms with Crippen molar-refractivity contribution in [3.05, 3.63) is 90.1 Å². The molecule has 1 amide bonds. The fourth-order valence-corrected chi connectivity index (χ4v) is 2.94. The summed E-state index contributed by atoms with van der Waals surface area (Å²) in [6, 6.07) is 18.9. The van der Waals surface area contributed by atoms with E-state index in [0.717, 1.165) is 12.1 Å². The van der Waals surface area contributed by atoms with Gasteiger partial charge in [-0.1, -0.05) is 24.3 Å². The van der Waals surface area contributed by atoms with Crippen LogP contribution in [0.1, 0.15) is 15.9 Å². The van der Waals surface area contributed by atoms with Crippen LogP contribution in [0.3, 0.4) is 0 Å². The number of amides is 1. The molecule has 0 spiro atoms. The van der Waals surface area contributed by atoms with Crippen molar-refractivity contribution in [1.29, 1.82) is 0 Å². The van der Waals surface area contributed by atoms with Gasteiger partial charge in [-0.05, 0) is 48.5 Å². The molecule has 7 heteroatoms. The van der Waals surface area contributed by atoms with Gasteiger partial charge in [-0.3, -0.25) is 4.79 Å². The third-order valence-electron chi connectivity index (χ3n) is 4.34. The first-order chi connectivity index (χ1) is 13.4. The molecule has 0 bridgehead atoms. The zero-order valence-corrected chi connectivity index (χ0v) is 14.4. The maximum absolute atomic E-state index is 12.8. The number of alkyl halides is 3. The highest BCUT2D eigenvalue weighted by molar-refractivity contribution is 6.08. The molecule has 1 aromatic heterocycles. The van der Waals surface area contributed by atoms with E-state index in [1.165, 1.54) is 16.8 Å². The van der Waals surface area contributed by atoms with Crippen LogP contribution in [0.5, 0.6) is 0 Å². The Kier molecular flexibility index (Phi) is 4.35. The molecule has 0 saturated carbocycles. The van der Waals surface area contributed by atoms with E-state index in [4.69, 9.17) is 0 Å². The number of carbonyl (C=O) groups excluding carboxylic acids is 1. The Hall–Kier alpha value is -3.61. The molecule has 0 fully saturated rings. The molecule has 1 N–H and O–H groups in total. The molecule has 140 valence electrons. The van der Waals surface area contributed by atoms with Gasteiger partial charge in [0, 0.05) is 10.9 Å². The smallest absolute Gasteiger partial charge is 0.321 e. The second-order valence-corrected chi connectivity index (χ2v) is 6.16. The summed E-state index contributed by atoms with van der Waals surface area (Å²) in [5.74, 6) is -0.254. The summed E-state index contributed by atoms with van der Waals surface area (Å²) in [6.07, 6.45) is -2.81. The van der Waals surface area contributed by atoms with E-state index in [2.05, 4.69) is 10.4 Å². The van der Waals surface area contributed by atoms with Gasteiger partial charge in [0.1, 0.15) is 0 Å². The zero-order valence-electron chi connectivity index (χ0n) is 14.4. The molecular formula is C21H14F3N3O. The fraction of sp³-hybridized carbons (Fsp3) is 0.0476. The van der Waals surface area contributed by atoms with Gasteiger partial charge >= 0.3 is 6.18 Å². The van der Waals surface area contributed by atoms with Crippen LogP contribution in [0, 0.1) is 0 Å². The summed E-state index contributed by atoms with van der Waals surface area (Å²) >= 11 is 0. The molecule has 4 nitrogen and oxygen atoms in total. The highest BCUT2D eigenvalue weighted by atomic mass is 19.4. The average Bonchev–Trinajstić information content (AvgIpc) is 3.13. The summed E-state index contributed by atoms with van der Waals surface area (Å²) in [7, 11) is 0. The second kappa shape index (κ2) is 6.84. The summed E-state index contributed by atoms with van der Waals surface area (Å²) < 4.78 is 39.8. The van der Waals surface area contributed by atoms with Crippen molar-refractivity contribution in [2.24, 2.45) is 0 Å². The number of hydrogen-bond acceptors (Lipinski definition) is 2. The molecule has 1 heterocycles. The summed E-state index contributed by atoms with van der Waals surface area (Å²) in [6.45, 7) is 0. The van der Waals surface area contributed by atoms with Crippen LogP contribution in [-0.4, -0.2) is 15.7 Å². The zero-order chi connectivity index (χ0) is 19.7. The highest BCUT2D eigenvalue weighted by Crippen LogP contribution is 2.31. The average molecular weight is 381 g/mol. The Labute approximate surface area is 158 Å². The number of nitrogens with one attached hydrogen (secondary N) is 1. The lowest BCUT2D eigenvalue weighted by atomic mass is 10.1. The van der Waals surface area contributed by atoms with Crippen LogP contribution in [0.15, 0.2) is 79.0 Å². The minimum Gasteiger partial charge on any atom is -0.321 e. The van der Waals surface area contributed by atoms with Gasteiger partial charge < -0.3 is 5.32 Å². The van der Waals surface area contributed by atoms with Gasteiger partial charge in [-0.2, -0.15) is 18.3 Å². The van der Waals surface area contributed by atoms with E-state index >= 15 is 0 Å². The molecule has 28 heavy (non-hydrogen) atoms. The molecule has 0 radical (unpaired) electrons. The van der Waals surface area contributed by atoms with Gasteiger partial charge in [-0.25, -0.2) is 4.68 Å². The maximum Gasteiger partial charge on any atom is 0.416 e. The van der Waals surface area contributed by atoms with Gasteiger partial charge in [-0.15, -0.1) is 0 Å².